The van der Waals surface area contributed by atoms with Gasteiger partial charge in [-0.1, -0.05) is 47.5 Å². The topological polar surface area (TPSA) is 49.3 Å². The summed E-state index contributed by atoms with van der Waals surface area (Å²) in [5, 5.41) is 13.6. The van der Waals surface area contributed by atoms with Crippen molar-refractivity contribution in [3.05, 3.63) is 63.6 Å². The fraction of sp³-hybridized carbons (Fsp3) is 0.188. The molecule has 1 amide bonds. The second kappa shape index (κ2) is 6.83. The van der Waals surface area contributed by atoms with E-state index >= 15 is 0 Å². The Bertz CT molecular complexity index is 658. The first-order valence-corrected chi connectivity index (χ1v) is 7.24. The third-order valence-corrected chi connectivity index (χ3v) is 3.71. The molecule has 21 heavy (non-hydrogen) atoms. The number of hydrogen-bond acceptors (Lipinski definition) is 2. The van der Waals surface area contributed by atoms with Crippen LogP contribution in [0.5, 0.6) is 5.75 Å². The molecule has 2 aromatic carbocycles. The van der Waals surface area contributed by atoms with Gasteiger partial charge in [-0.25, -0.2) is 0 Å². The second-order valence-electron chi connectivity index (χ2n) is 4.76. The maximum atomic E-state index is 12.0. The van der Waals surface area contributed by atoms with Crippen LogP contribution >= 0.6 is 23.2 Å². The van der Waals surface area contributed by atoms with Crippen molar-refractivity contribution in [3.63, 3.8) is 0 Å². The molecule has 0 aliphatic rings. The van der Waals surface area contributed by atoms with Gasteiger partial charge in [0.15, 0.2) is 0 Å². The SMILES string of the molecule is CC(NC(=O)Cc1ccccc1O)c1ccc(Cl)cc1Cl. The van der Waals surface area contributed by atoms with Gasteiger partial charge in [-0.05, 0) is 30.7 Å². The minimum absolute atomic E-state index is 0.113. The summed E-state index contributed by atoms with van der Waals surface area (Å²) in [6, 6.07) is 11.7. The lowest BCUT2D eigenvalue weighted by molar-refractivity contribution is -0.121. The number of para-hydroxylation sites is 1. The summed E-state index contributed by atoms with van der Waals surface area (Å²) in [7, 11) is 0. The highest BCUT2D eigenvalue weighted by atomic mass is 35.5. The molecule has 110 valence electrons. The lowest BCUT2D eigenvalue weighted by Crippen LogP contribution is -2.28. The Morgan fingerprint density at radius 1 is 1.24 bits per heavy atom. The molecule has 0 spiro atoms. The molecule has 0 aliphatic heterocycles. The fourth-order valence-corrected chi connectivity index (χ4v) is 2.63. The van der Waals surface area contributed by atoms with E-state index in [9.17, 15) is 9.90 Å². The number of phenolic OH excluding ortho intramolecular Hbond substituents is 1. The van der Waals surface area contributed by atoms with Gasteiger partial charge < -0.3 is 10.4 Å². The van der Waals surface area contributed by atoms with Gasteiger partial charge in [-0.15, -0.1) is 0 Å². The summed E-state index contributed by atoms with van der Waals surface area (Å²) in [4.78, 5) is 12.0. The van der Waals surface area contributed by atoms with Crippen LogP contribution in [0.3, 0.4) is 0 Å². The Labute approximate surface area is 133 Å². The third kappa shape index (κ3) is 4.13. The molecule has 2 aromatic rings. The van der Waals surface area contributed by atoms with E-state index in [4.69, 9.17) is 23.2 Å². The van der Waals surface area contributed by atoms with Crippen LogP contribution in [0.15, 0.2) is 42.5 Å². The van der Waals surface area contributed by atoms with E-state index in [0.29, 0.717) is 15.6 Å². The van der Waals surface area contributed by atoms with Gasteiger partial charge in [0.05, 0.1) is 12.5 Å². The monoisotopic (exact) mass is 323 g/mol. The normalized spacial score (nSPS) is 12.0. The quantitative estimate of drug-likeness (QED) is 0.889. The highest BCUT2D eigenvalue weighted by molar-refractivity contribution is 6.35. The number of hydrogen-bond donors (Lipinski definition) is 2. The zero-order valence-corrected chi connectivity index (χ0v) is 12.9. The molecule has 0 fully saturated rings. The predicted molar refractivity (Wildman–Crippen MR) is 84.8 cm³/mol. The van der Waals surface area contributed by atoms with Crippen LogP contribution < -0.4 is 5.32 Å². The van der Waals surface area contributed by atoms with Crippen LogP contribution in [0.4, 0.5) is 0 Å². The standard InChI is InChI=1S/C16H15Cl2NO2/c1-10(13-7-6-12(17)9-14(13)18)19-16(21)8-11-4-2-3-5-15(11)20/h2-7,9-10,20H,8H2,1H3,(H,19,21). The van der Waals surface area contributed by atoms with E-state index in [1.54, 1.807) is 42.5 Å². The van der Waals surface area contributed by atoms with Crippen molar-refractivity contribution in [2.45, 2.75) is 19.4 Å². The molecule has 2 rings (SSSR count). The van der Waals surface area contributed by atoms with Crippen LogP contribution in [0, 0.1) is 0 Å². The molecule has 0 aromatic heterocycles. The number of carbonyl (C=O) groups excluding carboxylic acids is 1. The number of halogens is 2. The molecule has 0 saturated carbocycles. The van der Waals surface area contributed by atoms with Gasteiger partial charge in [0.25, 0.3) is 0 Å². The highest BCUT2D eigenvalue weighted by Gasteiger charge is 2.14. The van der Waals surface area contributed by atoms with Crippen LogP contribution in [-0.4, -0.2) is 11.0 Å². The summed E-state index contributed by atoms with van der Waals surface area (Å²) >= 11 is 12.0. The second-order valence-corrected chi connectivity index (χ2v) is 5.60. The number of benzene rings is 2. The number of aromatic hydroxyl groups is 1. The van der Waals surface area contributed by atoms with Crippen molar-refractivity contribution < 1.29 is 9.90 Å². The maximum Gasteiger partial charge on any atom is 0.225 e. The van der Waals surface area contributed by atoms with Gasteiger partial charge in [0, 0.05) is 15.6 Å². The smallest absolute Gasteiger partial charge is 0.225 e. The number of amides is 1. The van der Waals surface area contributed by atoms with Crippen LogP contribution in [0.25, 0.3) is 0 Å². The number of rotatable bonds is 4. The Morgan fingerprint density at radius 2 is 1.95 bits per heavy atom. The number of carbonyl (C=O) groups is 1. The predicted octanol–water partition coefficient (Wildman–Crippen LogP) is 4.12. The van der Waals surface area contributed by atoms with Gasteiger partial charge in [-0.3, -0.25) is 4.79 Å². The number of nitrogens with one attached hydrogen (secondary N) is 1. The summed E-state index contributed by atoms with van der Waals surface area (Å²) in [5.41, 5.74) is 1.39. The minimum Gasteiger partial charge on any atom is -0.508 e. The van der Waals surface area contributed by atoms with Crippen molar-refractivity contribution in [1.82, 2.24) is 5.32 Å². The maximum absolute atomic E-state index is 12.0. The highest BCUT2D eigenvalue weighted by Crippen LogP contribution is 2.26. The molecule has 1 unspecified atom stereocenters. The summed E-state index contributed by atoms with van der Waals surface area (Å²) in [6.07, 6.45) is 0.113. The Hall–Kier alpha value is -1.71. The minimum atomic E-state index is -0.242. The van der Waals surface area contributed by atoms with Gasteiger partial charge in [0.1, 0.15) is 5.75 Å². The van der Waals surface area contributed by atoms with Crippen molar-refractivity contribution in [2.24, 2.45) is 0 Å². The van der Waals surface area contributed by atoms with Gasteiger partial charge in [0.2, 0.25) is 5.91 Å². The molecular formula is C16H15Cl2NO2. The Balaban J connectivity index is 2.04. The molecule has 0 bridgehead atoms. The lowest BCUT2D eigenvalue weighted by atomic mass is 10.1. The van der Waals surface area contributed by atoms with Gasteiger partial charge >= 0.3 is 0 Å². The van der Waals surface area contributed by atoms with Crippen LogP contribution in [0.1, 0.15) is 24.1 Å². The largest absolute Gasteiger partial charge is 0.508 e. The van der Waals surface area contributed by atoms with E-state index in [1.807, 2.05) is 6.92 Å². The first-order valence-electron chi connectivity index (χ1n) is 6.48. The van der Waals surface area contributed by atoms with E-state index in [2.05, 4.69) is 5.32 Å². The zero-order valence-electron chi connectivity index (χ0n) is 11.4. The lowest BCUT2D eigenvalue weighted by Gasteiger charge is -2.16. The number of phenols is 1. The molecule has 3 nitrogen and oxygen atoms in total. The van der Waals surface area contributed by atoms with Crippen molar-refractivity contribution in [3.8, 4) is 5.75 Å². The summed E-state index contributed by atoms with van der Waals surface area (Å²) < 4.78 is 0. The van der Waals surface area contributed by atoms with Crippen LogP contribution in [-0.2, 0) is 11.2 Å². The summed E-state index contributed by atoms with van der Waals surface area (Å²) in [5.74, 6) is -0.0696. The first kappa shape index (κ1) is 15.7. The first-order chi connectivity index (χ1) is 9.97. The van der Waals surface area contributed by atoms with Crippen LogP contribution in [0.2, 0.25) is 10.0 Å². The molecule has 0 saturated heterocycles. The Kier molecular flexibility index (Phi) is 5.10. The van der Waals surface area contributed by atoms with E-state index in [0.717, 1.165) is 5.56 Å². The van der Waals surface area contributed by atoms with E-state index in [-0.39, 0.29) is 24.1 Å². The molecule has 0 radical (unpaired) electrons. The van der Waals surface area contributed by atoms with Crippen molar-refractivity contribution in [2.75, 3.05) is 0 Å². The van der Waals surface area contributed by atoms with Crippen molar-refractivity contribution in [1.29, 1.82) is 0 Å². The van der Waals surface area contributed by atoms with E-state index in [1.165, 1.54) is 0 Å². The summed E-state index contributed by atoms with van der Waals surface area (Å²) in [6.45, 7) is 1.85. The third-order valence-electron chi connectivity index (χ3n) is 3.15. The molecule has 5 heteroatoms. The molecular weight excluding hydrogens is 309 g/mol. The molecule has 1 atom stereocenters. The average molecular weight is 324 g/mol. The molecule has 0 heterocycles. The van der Waals surface area contributed by atoms with Crippen molar-refractivity contribution >= 4 is 29.1 Å². The average Bonchev–Trinajstić information content (AvgIpc) is 2.41. The molecule has 0 aliphatic carbocycles. The van der Waals surface area contributed by atoms with Gasteiger partial charge in [-0.2, -0.15) is 0 Å². The molecule has 2 N–H and O–H groups in total. The fourth-order valence-electron chi connectivity index (χ4n) is 2.06. The van der Waals surface area contributed by atoms with E-state index < -0.39 is 0 Å². The Morgan fingerprint density at radius 3 is 2.62 bits per heavy atom. The zero-order chi connectivity index (χ0) is 15.4.